The van der Waals surface area contributed by atoms with Crippen molar-refractivity contribution in [2.24, 2.45) is 5.41 Å². The van der Waals surface area contributed by atoms with Gasteiger partial charge in [-0.3, -0.25) is 4.79 Å². The van der Waals surface area contributed by atoms with Gasteiger partial charge >= 0.3 is 0 Å². The van der Waals surface area contributed by atoms with Crippen LogP contribution in [0.1, 0.15) is 19.8 Å². The largest absolute Gasteiger partial charge is 0.390 e. The Kier molecular flexibility index (Phi) is 3.40. The number of rotatable bonds is 5. The lowest BCUT2D eigenvalue weighted by Crippen LogP contribution is -2.38. The predicted molar refractivity (Wildman–Crippen MR) is 56.1 cm³/mol. The minimum absolute atomic E-state index is 0.00148. The summed E-state index contributed by atoms with van der Waals surface area (Å²) in [5.41, 5.74) is -0.287. The Morgan fingerprint density at radius 3 is 2.47 bits per heavy atom. The topological polar surface area (TPSA) is 83.5 Å². The van der Waals surface area contributed by atoms with Gasteiger partial charge < -0.3 is 10.4 Å². The summed E-state index contributed by atoms with van der Waals surface area (Å²) in [4.78, 5) is 11.4. The molecule has 1 saturated carbocycles. The first-order chi connectivity index (χ1) is 6.73. The van der Waals surface area contributed by atoms with Crippen LogP contribution in [0.25, 0.3) is 0 Å². The quantitative estimate of drug-likeness (QED) is 0.660. The SMILES string of the molecule is CC1(C(=O)NCC(O)CS(C)(=O)=O)CC1. The van der Waals surface area contributed by atoms with Gasteiger partial charge in [-0.2, -0.15) is 0 Å². The molecule has 0 spiro atoms. The molecule has 2 N–H and O–H groups in total. The molecule has 0 aromatic rings. The van der Waals surface area contributed by atoms with E-state index in [9.17, 15) is 18.3 Å². The molecule has 0 aliphatic heterocycles. The number of sulfone groups is 1. The Labute approximate surface area is 89.8 Å². The maximum atomic E-state index is 11.4. The van der Waals surface area contributed by atoms with Crippen molar-refractivity contribution in [2.45, 2.75) is 25.9 Å². The van der Waals surface area contributed by atoms with E-state index in [1.807, 2.05) is 6.92 Å². The molecule has 5 nitrogen and oxygen atoms in total. The summed E-state index contributed by atoms with van der Waals surface area (Å²) in [5.74, 6) is -0.417. The molecule has 0 saturated heterocycles. The molecule has 0 heterocycles. The number of aliphatic hydroxyl groups excluding tert-OH is 1. The lowest BCUT2D eigenvalue weighted by atomic mass is 10.1. The van der Waals surface area contributed by atoms with Crippen LogP contribution in [0.3, 0.4) is 0 Å². The fraction of sp³-hybridized carbons (Fsp3) is 0.889. The molecule has 6 heteroatoms. The maximum Gasteiger partial charge on any atom is 0.226 e. The van der Waals surface area contributed by atoms with Crippen molar-refractivity contribution in [3.05, 3.63) is 0 Å². The number of amides is 1. The minimum Gasteiger partial charge on any atom is -0.390 e. The van der Waals surface area contributed by atoms with Crippen molar-refractivity contribution < 1.29 is 18.3 Å². The summed E-state index contributed by atoms with van der Waals surface area (Å²) >= 11 is 0. The summed E-state index contributed by atoms with van der Waals surface area (Å²) < 4.78 is 21.6. The van der Waals surface area contributed by atoms with Gasteiger partial charge in [-0.05, 0) is 12.8 Å². The Bertz CT molecular complexity index is 345. The van der Waals surface area contributed by atoms with E-state index in [1.54, 1.807) is 0 Å². The lowest BCUT2D eigenvalue weighted by molar-refractivity contribution is -0.126. The molecule has 88 valence electrons. The van der Waals surface area contributed by atoms with E-state index in [-0.39, 0.29) is 23.6 Å². The molecule has 0 bridgehead atoms. The summed E-state index contributed by atoms with van der Waals surface area (Å²) in [7, 11) is -3.19. The number of carbonyl (C=O) groups excluding carboxylic acids is 1. The zero-order valence-electron chi connectivity index (χ0n) is 8.99. The van der Waals surface area contributed by atoms with E-state index >= 15 is 0 Å². The van der Waals surface area contributed by atoms with Gasteiger partial charge in [0.2, 0.25) is 5.91 Å². The summed E-state index contributed by atoms with van der Waals surface area (Å²) in [6, 6.07) is 0. The van der Waals surface area contributed by atoms with Crippen molar-refractivity contribution in [3.8, 4) is 0 Å². The minimum atomic E-state index is -3.19. The van der Waals surface area contributed by atoms with Crippen LogP contribution in [0.15, 0.2) is 0 Å². The molecule has 0 radical (unpaired) electrons. The number of hydrogen-bond donors (Lipinski definition) is 2. The highest BCUT2D eigenvalue weighted by Gasteiger charge is 2.44. The third-order valence-electron chi connectivity index (χ3n) is 2.54. The van der Waals surface area contributed by atoms with Gasteiger partial charge in [0, 0.05) is 18.2 Å². The van der Waals surface area contributed by atoms with Crippen LogP contribution in [-0.2, 0) is 14.6 Å². The third kappa shape index (κ3) is 4.17. The molecule has 0 aromatic carbocycles. The Morgan fingerprint density at radius 1 is 1.53 bits per heavy atom. The van der Waals surface area contributed by atoms with Crippen molar-refractivity contribution >= 4 is 15.7 Å². The fourth-order valence-corrected chi connectivity index (χ4v) is 2.06. The fourth-order valence-electron chi connectivity index (χ4n) is 1.25. The molecule has 0 aromatic heterocycles. The van der Waals surface area contributed by atoms with Crippen LogP contribution in [0, 0.1) is 5.41 Å². The molecule has 1 fully saturated rings. The van der Waals surface area contributed by atoms with Crippen LogP contribution in [0.4, 0.5) is 0 Å². The standard InChI is InChI=1S/C9H17NO4S/c1-9(3-4-9)8(12)10-5-7(11)6-15(2,13)14/h7,11H,3-6H2,1-2H3,(H,10,12). The van der Waals surface area contributed by atoms with Crippen molar-refractivity contribution in [2.75, 3.05) is 18.6 Å². The highest BCUT2D eigenvalue weighted by molar-refractivity contribution is 7.90. The van der Waals surface area contributed by atoms with Gasteiger partial charge in [-0.1, -0.05) is 6.92 Å². The van der Waals surface area contributed by atoms with Gasteiger partial charge in [0.25, 0.3) is 0 Å². The normalized spacial score (nSPS) is 20.7. The summed E-state index contributed by atoms with van der Waals surface area (Å²) in [6.45, 7) is 1.85. The average molecular weight is 235 g/mol. The van der Waals surface area contributed by atoms with E-state index in [1.165, 1.54) is 0 Å². The first-order valence-corrected chi connectivity index (χ1v) is 6.93. The Morgan fingerprint density at radius 2 is 2.07 bits per heavy atom. The van der Waals surface area contributed by atoms with Crippen molar-refractivity contribution in [1.82, 2.24) is 5.32 Å². The zero-order chi connectivity index (χ0) is 11.7. The van der Waals surface area contributed by atoms with E-state index < -0.39 is 15.9 Å². The van der Waals surface area contributed by atoms with E-state index in [0.29, 0.717) is 0 Å². The first kappa shape index (κ1) is 12.4. The maximum absolute atomic E-state index is 11.4. The molecule has 1 amide bonds. The number of aliphatic hydroxyl groups is 1. The highest BCUT2D eigenvalue weighted by atomic mass is 32.2. The lowest BCUT2D eigenvalue weighted by Gasteiger charge is -2.13. The van der Waals surface area contributed by atoms with Gasteiger partial charge in [0.15, 0.2) is 0 Å². The Hall–Kier alpha value is -0.620. The number of hydrogen-bond acceptors (Lipinski definition) is 4. The van der Waals surface area contributed by atoms with Crippen LogP contribution in [0.2, 0.25) is 0 Å². The summed E-state index contributed by atoms with van der Waals surface area (Å²) in [5, 5.41) is 11.9. The molecule has 1 unspecified atom stereocenters. The van der Waals surface area contributed by atoms with E-state index in [4.69, 9.17) is 0 Å². The highest BCUT2D eigenvalue weighted by Crippen LogP contribution is 2.44. The Balaban J connectivity index is 2.28. The zero-order valence-corrected chi connectivity index (χ0v) is 9.80. The van der Waals surface area contributed by atoms with Gasteiger partial charge in [-0.15, -0.1) is 0 Å². The van der Waals surface area contributed by atoms with E-state index in [0.717, 1.165) is 19.1 Å². The van der Waals surface area contributed by atoms with Crippen LogP contribution >= 0.6 is 0 Å². The second-order valence-corrected chi connectivity index (χ2v) is 6.70. The second-order valence-electron chi connectivity index (χ2n) is 4.52. The molecule has 1 atom stereocenters. The molecule has 1 aliphatic rings. The van der Waals surface area contributed by atoms with Gasteiger partial charge in [-0.25, -0.2) is 8.42 Å². The van der Waals surface area contributed by atoms with Gasteiger partial charge in [0.05, 0.1) is 11.9 Å². The smallest absolute Gasteiger partial charge is 0.226 e. The van der Waals surface area contributed by atoms with Crippen LogP contribution in [-0.4, -0.2) is 44.1 Å². The third-order valence-corrected chi connectivity index (χ3v) is 3.53. The first-order valence-electron chi connectivity index (χ1n) is 4.87. The van der Waals surface area contributed by atoms with E-state index in [2.05, 4.69) is 5.32 Å². The molecular formula is C9H17NO4S. The molecule has 1 aliphatic carbocycles. The van der Waals surface area contributed by atoms with Crippen molar-refractivity contribution in [3.63, 3.8) is 0 Å². The van der Waals surface area contributed by atoms with Crippen molar-refractivity contribution in [1.29, 1.82) is 0 Å². The van der Waals surface area contributed by atoms with Gasteiger partial charge in [0.1, 0.15) is 9.84 Å². The monoisotopic (exact) mass is 235 g/mol. The summed E-state index contributed by atoms with van der Waals surface area (Å²) in [6.07, 6.45) is 1.76. The molecular weight excluding hydrogens is 218 g/mol. The molecule has 15 heavy (non-hydrogen) atoms. The van der Waals surface area contributed by atoms with Crippen LogP contribution in [0.5, 0.6) is 0 Å². The molecule has 1 rings (SSSR count). The second kappa shape index (κ2) is 4.09. The number of carbonyl (C=O) groups is 1. The number of nitrogens with one attached hydrogen (secondary N) is 1. The average Bonchev–Trinajstić information content (AvgIpc) is 2.77. The van der Waals surface area contributed by atoms with Crippen LogP contribution < -0.4 is 5.32 Å². The predicted octanol–water partition coefficient (Wildman–Crippen LogP) is -0.692.